The smallest absolute Gasteiger partial charge is 0.219 e. The van der Waals surface area contributed by atoms with Gasteiger partial charge in [0.1, 0.15) is 0 Å². The molecule has 1 fully saturated rings. The molecule has 1 aromatic carbocycles. The third-order valence-electron chi connectivity index (χ3n) is 5.86. The highest BCUT2D eigenvalue weighted by atomic mass is 16.2. The summed E-state index contributed by atoms with van der Waals surface area (Å²) in [7, 11) is 0. The number of carbonyl (C=O) groups excluding carboxylic acids is 1. The molecule has 0 N–H and O–H groups in total. The number of nitrogens with zero attached hydrogens (tertiary/aromatic N) is 4. The summed E-state index contributed by atoms with van der Waals surface area (Å²) in [6.07, 6.45) is 4.64. The Labute approximate surface area is 172 Å². The Morgan fingerprint density at radius 2 is 1.86 bits per heavy atom. The van der Waals surface area contributed by atoms with Crippen LogP contribution in [0.2, 0.25) is 0 Å². The fourth-order valence-electron chi connectivity index (χ4n) is 4.29. The normalized spacial score (nSPS) is 18.0. The minimum absolute atomic E-state index is 0.158. The van der Waals surface area contributed by atoms with Crippen LogP contribution in [0, 0.1) is 12.8 Å². The largest absolute Gasteiger partial charge is 0.341 e. The van der Waals surface area contributed by atoms with Crippen LogP contribution in [0.1, 0.15) is 23.7 Å². The van der Waals surface area contributed by atoms with Gasteiger partial charge in [-0.1, -0.05) is 24.3 Å². The first-order chi connectivity index (χ1) is 14.1. The van der Waals surface area contributed by atoms with E-state index in [-0.39, 0.29) is 5.91 Å². The molecule has 1 aliphatic heterocycles. The third-order valence-corrected chi connectivity index (χ3v) is 5.86. The number of hydrogen-bond acceptors (Lipinski definition) is 4. The van der Waals surface area contributed by atoms with Gasteiger partial charge in [0.05, 0.1) is 11.2 Å². The van der Waals surface area contributed by atoms with Crippen molar-refractivity contribution in [1.82, 2.24) is 19.8 Å². The second kappa shape index (κ2) is 8.70. The van der Waals surface area contributed by atoms with E-state index in [2.05, 4.69) is 52.1 Å². The predicted molar refractivity (Wildman–Crippen MR) is 115 cm³/mol. The second-order valence-electron chi connectivity index (χ2n) is 8.02. The molecular weight excluding hydrogens is 360 g/mol. The van der Waals surface area contributed by atoms with Gasteiger partial charge < -0.3 is 4.90 Å². The Bertz CT molecular complexity index is 998. The van der Waals surface area contributed by atoms with E-state index in [1.165, 1.54) is 16.5 Å². The first kappa shape index (κ1) is 19.5. The van der Waals surface area contributed by atoms with Crippen LogP contribution in [0.25, 0.3) is 10.9 Å². The molecule has 0 aliphatic carbocycles. The summed E-state index contributed by atoms with van der Waals surface area (Å²) in [4.78, 5) is 25.7. The van der Waals surface area contributed by atoms with Crippen molar-refractivity contribution in [1.29, 1.82) is 0 Å². The fraction of sp³-hybridized carbons (Fsp3) is 0.375. The number of aryl methyl sites for hydroxylation is 1. The van der Waals surface area contributed by atoms with Gasteiger partial charge in [0, 0.05) is 57.4 Å². The van der Waals surface area contributed by atoms with Gasteiger partial charge in [-0.15, -0.1) is 0 Å². The van der Waals surface area contributed by atoms with Gasteiger partial charge in [-0.25, -0.2) is 0 Å². The number of benzene rings is 1. The van der Waals surface area contributed by atoms with Crippen LogP contribution in [0.5, 0.6) is 0 Å². The Kier molecular flexibility index (Phi) is 5.86. The van der Waals surface area contributed by atoms with Crippen LogP contribution in [0.3, 0.4) is 0 Å². The molecule has 1 atom stereocenters. The van der Waals surface area contributed by atoms with Crippen molar-refractivity contribution in [2.75, 3.05) is 26.2 Å². The van der Waals surface area contributed by atoms with Crippen LogP contribution in [0.4, 0.5) is 0 Å². The van der Waals surface area contributed by atoms with Gasteiger partial charge in [-0.2, -0.15) is 0 Å². The van der Waals surface area contributed by atoms with Crippen molar-refractivity contribution >= 4 is 16.8 Å². The van der Waals surface area contributed by atoms with Crippen molar-refractivity contribution < 1.29 is 4.79 Å². The number of aromatic nitrogens is 2. The topological polar surface area (TPSA) is 49.3 Å². The van der Waals surface area contributed by atoms with Gasteiger partial charge in [-0.3, -0.25) is 19.7 Å². The highest BCUT2D eigenvalue weighted by molar-refractivity contribution is 5.82. The van der Waals surface area contributed by atoms with Crippen LogP contribution >= 0.6 is 0 Å². The van der Waals surface area contributed by atoms with Crippen LogP contribution in [-0.4, -0.2) is 51.9 Å². The molecule has 5 nitrogen and oxygen atoms in total. The third kappa shape index (κ3) is 4.62. The summed E-state index contributed by atoms with van der Waals surface area (Å²) in [6.45, 7) is 8.02. The molecule has 29 heavy (non-hydrogen) atoms. The summed E-state index contributed by atoms with van der Waals surface area (Å²) in [5.74, 6) is 0.529. The van der Waals surface area contributed by atoms with Gasteiger partial charge in [0.15, 0.2) is 0 Å². The lowest BCUT2D eigenvalue weighted by Gasteiger charge is -2.25. The molecule has 3 heterocycles. The van der Waals surface area contributed by atoms with Crippen molar-refractivity contribution in [3.8, 4) is 0 Å². The summed E-state index contributed by atoms with van der Waals surface area (Å²) in [5.41, 5.74) is 4.68. The predicted octanol–water partition coefficient (Wildman–Crippen LogP) is 3.46. The Morgan fingerprint density at radius 3 is 2.69 bits per heavy atom. The molecule has 4 rings (SSSR count). The van der Waals surface area contributed by atoms with E-state index < -0.39 is 0 Å². The minimum Gasteiger partial charge on any atom is -0.341 e. The number of rotatable bonds is 4. The molecule has 3 aromatic rings. The van der Waals surface area contributed by atoms with E-state index in [9.17, 15) is 4.79 Å². The fourth-order valence-corrected chi connectivity index (χ4v) is 4.29. The van der Waals surface area contributed by atoms with Gasteiger partial charge in [0.2, 0.25) is 5.91 Å². The number of fused-ring (bicyclic) bond motifs is 1. The van der Waals surface area contributed by atoms with Crippen molar-refractivity contribution in [3.05, 3.63) is 71.7 Å². The van der Waals surface area contributed by atoms with E-state index in [0.29, 0.717) is 5.92 Å². The highest BCUT2D eigenvalue weighted by Gasteiger charge is 2.25. The molecule has 0 spiro atoms. The zero-order valence-corrected chi connectivity index (χ0v) is 17.2. The Morgan fingerprint density at radius 1 is 1.03 bits per heavy atom. The van der Waals surface area contributed by atoms with E-state index in [0.717, 1.165) is 50.4 Å². The van der Waals surface area contributed by atoms with Crippen molar-refractivity contribution in [2.24, 2.45) is 5.92 Å². The van der Waals surface area contributed by atoms with E-state index in [1.54, 1.807) is 6.92 Å². The highest BCUT2D eigenvalue weighted by Crippen LogP contribution is 2.23. The standard InChI is InChI=1S/C24H28N4O/c1-18-6-4-10-26-24(18)17-27-12-13-28(19(2)29)16-20(15-27)14-21-7-3-9-23-22(21)8-5-11-25-23/h3-11,20H,12-17H2,1-2H3. The van der Waals surface area contributed by atoms with Crippen molar-refractivity contribution in [3.63, 3.8) is 0 Å². The average Bonchev–Trinajstić information content (AvgIpc) is 2.92. The maximum Gasteiger partial charge on any atom is 0.219 e. The first-order valence-electron chi connectivity index (χ1n) is 10.3. The molecule has 0 radical (unpaired) electrons. The van der Waals surface area contributed by atoms with Gasteiger partial charge in [-0.05, 0) is 48.6 Å². The minimum atomic E-state index is 0.158. The summed E-state index contributed by atoms with van der Waals surface area (Å²) >= 11 is 0. The zero-order valence-electron chi connectivity index (χ0n) is 17.2. The van der Waals surface area contributed by atoms with Crippen LogP contribution in [-0.2, 0) is 17.8 Å². The second-order valence-corrected chi connectivity index (χ2v) is 8.02. The number of pyridine rings is 2. The SMILES string of the molecule is CC(=O)N1CCN(Cc2ncccc2C)CC(Cc2cccc3ncccc23)C1. The van der Waals surface area contributed by atoms with Gasteiger partial charge >= 0.3 is 0 Å². The zero-order chi connectivity index (χ0) is 20.2. The lowest BCUT2D eigenvalue weighted by Crippen LogP contribution is -2.34. The molecular formula is C24H28N4O. The van der Waals surface area contributed by atoms with Crippen LogP contribution < -0.4 is 0 Å². The van der Waals surface area contributed by atoms with E-state index in [4.69, 9.17) is 0 Å². The Hall–Kier alpha value is -2.79. The molecule has 150 valence electrons. The monoisotopic (exact) mass is 388 g/mol. The number of hydrogen-bond donors (Lipinski definition) is 0. The molecule has 1 aliphatic rings. The lowest BCUT2D eigenvalue weighted by molar-refractivity contribution is -0.129. The van der Waals surface area contributed by atoms with Crippen LogP contribution in [0.15, 0.2) is 54.9 Å². The molecule has 2 aromatic heterocycles. The maximum absolute atomic E-state index is 12.2. The van der Waals surface area contributed by atoms with Crippen molar-refractivity contribution in [2.45, 2.75) is 26.8 Å². The molecule has 1 unspecified atom stereocenters. The quantitative estimate of drug-likeness (QED) is 0.687. The molecule has 0 bridgehead atoms. The summed E-state index contributed by atoms with van der Waals surface area (Å²) in [6, 6.07) is 14.6. The summed E-state index contributed by atoms with van der Waals surface area (Å²) < 4.78 is 0. The molecule has 1 saturated heterocycles. The summed E-state index contributed by atoms with van der Waals surface area (Å²) in [5, 5.41) is 1.21. The van der Waals surface area contributed by atoms with E-state index >= 15 is 0 Å². The lowest BCUT2D eigenvalue weighted by atomic mass is 9.95. The number of carbonyl (C=O) groups is 1. The Balaban J connectivity index is 1.57. The number of amides is 1. The molecule has 5 heteroatoms. The average molecular weight is 389 g/mol. The van der Waals surface area contributed by atoms with E-state index in [1.807, 2.05) is 29.4 Å². The first-order valence-corrected chi connectivity index (χ1v) is 10.3. The maximum atomic E-state index is 12.2. The molecule has 1 amide bonds. The molecule has 0 saturated carbocycles. The van der Waals surface area contributed by atoms with Gasteiger partial charge in [0.25, 0.3) is 0 Å².